The van der Waals surface area contributed by atoms with Crippen molar-refractivity contribution in [2.45, 2.75) is 36.1 Å². The number of hydrogen-bond donors (Lipinski definition) is 0. The molecule has 0 spiro atoms. The summed E-state index contributed by atoms with van der Waals surface area (Å²) in [6.45, 7) is 3.79. The summed E-state index contributed by atoms with van der Waals surface area (Å²) in [5.41, 5.74) is 2.22. The van der Waals surface area contributed by atoms with Crippen molar-refractivity contribution in [1.29, 1.82) is 0 Å². The number of sulfone groups is 1. The van der Waals surface area contributed by atoms with Crippen LogP contribution < -0.4 is 10.3 Å². The van der Waals surface area contributed by atoms with Crippen molar-refractivity contribution in [3.05, 3.63) is 99.1 Å². The second kappa shape index (κ2) is 9.13. The van der Waals surface area contributed by atoms with Crippen LogP contribution in [0.5, 0.6) is 0 Å². The highest BCUT2D eigenvalue weighted by molar-refractivity contribution is 7.91. The lowest BCUT2D eigenvalue weighted by atomic mass is 10.1. The van der Waals surface area contributed by atoms with Crippen molar-refractivity contribution in [3.63, 3.8) is 0 Å². The van der Waals surface area contributed by atoms with Crippen LogP contribution in [0.15, 0.2) is 81.4 Å². The van der Waals surface area contributed by atoms with Gasteiger partial charge < -0.3 is 9.47 Å². The minimum atomic E-state index is -4.19. The number of pyridine rings is 1. The molecule has 1 fully saturated rings. The Bertz CT molecular complexity index is 1590. The molecule has 0 amide bonds. The first-order chi connectivity index (χ1) is 16.7. The number of anilines is 1. The molecule has 5 rings (SSSR count). The molecular formula is C27H24ClFN2O3S. The lowest BCUT2D eigenvalue weighted by molar-refractivity contribution is 0.593. The van der Waals surface area contributed by atoms with Gasteiger partial charge in [-0.3, -0.25) is 4.79 Å². The smallest absolute Gasteiger partial charge is 0.211 e. The van der Waals surface area contributed by atoms with Gasteiger partial charge in [-0.2, -0.15) is 0 Å². The van der Waals surface area contributed by atoms with Gasteiger partial charge in [-0.05, 0) is 55.7 Å². The first-order valence-electron chi connectivity index (χ1n) is 11.4. The number of nitrogens with zero attached hydrogens (tertiary/aromatic N) is 2. The van der Waals surface area contributed by atoms with Crippen molar-refractivity contribution in [2.24, 2.45) is 0 Å². The van der Waals surface area contributed by atoms with E-state index in [1.54, 1.807) is 16.7 Å². The van der Waals surface area contributed by atoms with Crippen LogP contribution in [0.3, 0.4) is 0 Å². The van der Waals surface area contributed by atoms with Crippen molar-refractivity contribution in [3.8, 4) is 0 Å². The van der Waals surface area contributed by atoms with Gasteiger partial charge in [-0.1, -0.05) is 47.5 Å². The number of hydrogen-bond acceptors (Lipinski definition) is 4. The predicted molar refractivity (Wildman–Crippen MR) is 137 cm³/mol. The van der Waals surface area contributed by atoms with Crippen LogP contribution in [0.2, 0.25) is 5.02 Å². The average molecular weight is 511 g/mol. The van der Waals surface area contributed by atoms with Gasteiger partial charge in [0, 0.05) is 30.9 Å². The van der Waals surface area contributed by atoms with Gasteiger partial charge in [0.25, 0.3) is 0 Å². The molecule has 0 bridgehead atoms. The fourth-order valence-corrected chi connectivity index (χ4v) is 6.22. The number of fused-ring (bicyclic) bond motifs is 1. The van der Waals surface area contributed by atoms with Crippen LogP contribution >= 0.6 is 11.6 Å². The van der Waals surface area contributed by atoms with Gasteiger partial charge in [-0.15, -0.1) is 0 Å². The summed E-state index contributed by atoms with van der Waals surface area (Å²) in [4.78, 5) is 14.9. The average Bonchev–Trinajstić information content (AvgIpc) is 3.36. The SMILES string of the molecule is Cc1ccc(Cn2cc(S(=O)(=O)c3cccc(Cl)c3)c(=O)c3cc(F)c(N4CCCC4)cc32)cc1. The van der Waals surface area contributed by atoms with E-state index in [1.807, 2.05) is 36.1 Å². The minimum Gasteiger partial charge on any atom is -0.369 e. The van der Waals surface area contributed by atoms with E-state index in [9.17, 15) is 13.2 Å². The Balaban J connectivity index is 1.76. The first kappa shape index (κ1) is 23.6. The zero-order valence-electron chi connectivity index (χ0n) is 19.2. The number of aryl methyl sites for hydroxylation is 1. The van der Waals surface area contributed by atoms with Crippen LogP contribution in [-0.2, 0) is 16.4 Å². The maximum Gasteiger partial charge on any atom is 0.211 e. The summed E-state index contributed by atoms with van der Waals surface area (Å²) in [5.74, 6) is -0.532. The molecule has 1 aliphatic heterocycles. The molecule has 0 saturated carbocycles. The summed E-state index contributed by atoms with van der Waals surface area (Å²) in [6, 6.07) is 16.5. The molecule has 1 aromatic heterocycles. The van der Waals surface area contributed by atoms with E-state index in [0.717, 1.165) is 37.1 Å². The third-order valence-electron chi connectivity index (χ3n) is 6.43. The van der Waals surface area contributed by atoms with Gasteiger partial charge >= 0.3 is 0 Å². The van der Waals surface area contributed by atoms with E-state index < -0.39 is 26.0 Å². The summed E-state index contributed by atoms with van der Waals surface area (Å²) in [6.07, 6.45) is 3.32. The van der Waals surface area contributed by atoms with E-state index in [4.69, 9.17) is 11.6 Å². The topological polar surface area (TPSA) is 59.4 Å². The monoisotopic (exact) mass is 510 g/mol. The lowest BCUT2D eigenvalue weighted by Gasteiger charge is -2.21. The highest BCUT2D eigenvalue weighted by atomic mass is 35.5. The third-order valence-corrected chi connectivity index (χ3v) is 8.41. The Labute approximate surface area is 208 Å². The molecule has 0 aliphatic carbocycles. The molecule has 1 saturated heterocycles. The second-order valence-electron chi connectivity index (χ2n) is 8.91. The number of rotatable bonds is 5. The molecule has 1 aliphatic rings. The zero-order valence-corrected chi connectivity index (χ0v) is 20.7. The molecular weight excluding hydrogens is 487 g/mol. The van der Waals surface area contributed by atoms with Gasteiger partial charge in [0.1, 0.15) is 10.7 Å². The van der Waals surface area contributed by atoms with Crippen LogP contribution in [-0.4, -0.2) is 26.1 Å². The molecule has 2 heterocycles. The molecule has 5 nitrogen and oxygen atoms in total. The van der Waals surface area contributed by atoms with E-state index in [0.29, 0.717) is 17.7 Å². The third kappa shape index (κ3) is 4.46. The Morgan fingerprint density at radius 2 is 1.71 bits per heavy atom. The van der Waals surface area contributed by atoms with Crippen molar-refractivity contribution >= 4 is 38.0 Å². The Hall–Kier alpha value is -3.16. The van der Waals surface area contributed by atoms with Gasteiger partial charge in [0.05, 0.1) is 21.5 Å². The minimum absolute atomic E-state index is 0.0284. The van der Waals surface area contributed by atoms with Gasteiger partial charge in [0.2, 0.25) is 15.3 Å². The number of halogens is 2. The summed E-state index contributed by atoms with van der Waals surface area (Å²) < 4.78 is 43.9. The molecule has 0 atom stereocenters. The molecule has 0 radical (unpaired) electrons. The van der Waals surface area contributed by atoms with Crippen LogP contribution in [0.4, 0.5) is 10.1 Å². The maximum atomic E-state index is 15.2. The molecule has 180 valence electrons. The van der Waals surface area contributed by atoms with E-state index in [1.165, 1.54) is 30.5 Å². The Morgan fingerprint density at radius 1 is 1.00 bits per heavy atom. The maximum absolute atomic E-state index is 15.2. The van der Waals surface area contributed by atoms with E-state index in [2.05, 4.69) is 0 Å². The Kier molecular flexibility index (Phi) is 6.15. The van der Waals surface area contributed by atoms with Crippen LogP contribution in [0.1, 0.15) is 24.0 Å². The van der Waals surface area contributed by atoms with E-state index >= 15 is 4.39 Å². The fourth-order valence-electron chi connectivity index (χ4n) is 4.55. The highest BCUT2D eigenvalue weighted by Crippen LogP contribution is 2.30. The van der Waals surface area contributed by atoms with Crippen molar-refractivity contribution in [2.75, 3.05) is 18.0 Å². The van der Waals surface area contributed by atoms with Crippen LogP contribution in [0, 0.1) is 12.7 Å². The van der Waals surface area contributed by atoms with Gasteiger partial charge in [0.15, 0.2) is 0 Å². The quantitative estimate of drug-likeness (QED) is 0.351. The van der Waals surface area contributed by atoms with Gasteiger partial charge in [-0.25, -0.2) is 12.8 Å². The largest absolute Gasteiger partial charge is 0.369 e. The normalized spacial score (nSPS) is 14.1. The molecule has 3 aromatic carbocycles. The second-order valence-corrected chi connectivity index (χ2v) is 11.3. The standard InChI is InChI=1S/C27H24ClFN2O3S/c1-18-7-9-19(10-8-18)16-31-17-26(35(33,34)21-6-4-5-20(28)13-21)27(32)22-14-23(29)25(15-24(22)31)30-11-2-3-12-30/h4-10,13-15,17H,2-3,11-12,16H2,1H3. The molecule has 0 N–H and O–H groups in total. The zero-order chi connectivity index (χ0) is 24.7. The van der Waals surface area contributed by atoms with E-state index in [-0.39, 0.29) is 15.3 Å². The fraction of sp³-hybridized carbons (Fsp3) is 0.222. The summed E-state index contributed by atoms with van der Waals surface area (Å²) in [5, 5.41) is 0.272. The number of benzene rings is 3. The Morgan fingerprint density at radius 3 is 2.40 bits per heavy atom. The molecule has 0 unspecified atom stereocenters. The first-order valence-corrected chi connectivity index (χ1v) is 13.3. The number of aromatic nitrogens is 1. The van der Waals surface area contributed by atoms with Crippen molar-refractivity contribution in [1.82, 2.24) is 4.57 Å². The molecule has 8 heteroatoms. The lowest BCUT2D eigenvalue weighted by Crippen LogP contribution is -2.22. The highest BCUT2D eigenvalue weighted by Gasteiger charge is 2.26. The summed E-state index contributed by atoms with van der Waals surface area (Å²) in [7, 11) is -4.19. The van der Waals surface area contributed by atoms with Crippen LogP contribution in [0.25, 0.3) is 10.9 Å². The van der Waals surface area contributed by atoms with Crippen molar-refractivity contribution < 1.29 is 12.8 Å². The molecule has 35 heavy (non-hydrogen) atoms. The predicted octanol–water partition coefficient (Wildman–Crippen LogP) is 5.58. The molecule has 4 aromatic rings. The summed E-state index contributed by atoms with van der Waals surface area (Å²) >= 11 is 6.02.